The van der Waals surface area contributed by atoms with Crippen molar-refractivity contribution in [2.75, 3.05) is 0 Å². The van der Waals surface area contributed by atoms with E-state index >= 15 is 0 Å². The Morgan fingerprint density at radius 2 is 1.96 bits per heavy atom. The summed E-state index contributed by atoms with van der Waals surface area (Å²) in [7, 11) is 0. The van der Waals surface area contributed by atoms with Crippen molar-refractivity contribution in [1.29, 1.82) is 0 Å². The highest BCUT2D eigenvalue weighted by atomic mass is 32.2. The van der Waals surface area contributed by atoms with Crippen LogP contribution >= 0.6 is 11.8 Å². The van der Waals surface area contributed by atoms with Crippen molar-refractivity contribution in [2.45, 2.75) is 17.9 Å². The first-order valence-electron chi connectivity index (χ1n) is 7.31. The minimum Gasteiger partial charge on any atom is -0.469 e. The van der Waals surface area contributed by atoms with E-state index in [1.807, 2.05) is 43.3 Å². The summed E-state index contributed by atoms with van der Waals surface area (Å²) in [5, 5.41) is 12.6. The van der Waals surface area contributed by atoms with Crippen LogP contribution in [0.1, 0.15) is 11.5 Å². The average Bonchev–Trinajstić information content (AvgIpc) is 3.34. The first-order valence-corrected chi connectivity index (χ1v) is 8.30. The van der Waals surface area contributed by atoms with Gasteiger partial charge in [0.05, 0.1) is 17.5 Å². The molecule has 4 rings (SSSR count). The van der Waals surface area contributed by atoms with Crippen molar-refractivity contribution < 1.29 is 13.4 Å². The fourth-order valence-corrected chi connectivity index (χ4v) is 2.88. The van der Waals surface area contributed by atoms with Crippen LogP contribution in [0.4, 0.5) is 0 Å². The van der Waals surface area contributed by atoms with Crippen molar-refractivity contribution in [2.24, 2.45) is 0 Å². The number of nitrogens with zero attached hydrogens (tertiary/aromatic N) is 3. The standard InChI is InChI=1S/C17H13N3O3S/c1-11-14(7-8-21-11)16-18-19-17(22-16)24-10-13-9-15(23-20-13)12-5-3-2-4-6-12/h2-9H,10H2,1H3. The molecule has 3 aromatic heterocycles. The van der Waals surface area contributed by atoms with Crippen LogP contribution in [0.5, 0.6) is 0 Å². The Labute approximate surface area is 141 Å². The van der Waals surface area contributed by atoms with Gasteiger partial charge in [-0.3, -0.25) is 0 Å². The molecular formula is C17H13N3O3S. The Hall–Kier alpha value is -2.80. The highest BCUT2D eigenvalue weighted by Gasteiger charge is 2.14. The van der Waals surface area contributed by atoms with Crippen LogP contribution in [-0.4, -0.2) is 15.4 Å². The third-order valence-electron chi connectivity index (χ3n) is 3.46. The van der Waals surface area contributed by atoms with E-state index in [0.29, 0.717) is 16.9 Å². The van der Waals surface area contributed by atoms with E-state index in [0.717, 1.165) is 28.3 Å². The number of furan rings is 1. The minimum absolute atomic E-state index is 0.453. The normalized spacial score (nSPS) is 11.0. The molecule has 6 nitrogen and oxygen atoms in total. The van der Waals surface area contributed by atoms with Crippen molar-refractivity contribution in [1.82, 2.24) is 15.4 Å². The zero-order valence-electron chi connectivity index (χ0n) is 12.8. The van der Waals surface area contributed by atoms with Crippen LogP contribution in [0.2, 0.25) is 0 Å². The predicted molar refractivity (Wildman–Crippen MR) is 88.2 cm³/mol. The molecule has 0 atom stereocenters. The Morgan fingerprint density at radius 3 is 2.75 bits per heavy atom. The molecule has 0 amide bonds. The van der Waals surface area contributed by atoms with E-state index in [1.54, 1.807) is 12.3 Å². The third kappa shape index (κ3) is 2.98. The Morgan fingerprint density at radius 1 is 1.08 bits per heavy atom. The second-order valence-electron chi connectivity index (χ2n) is 5.10. The van der Waals surface area contributed by atoms with Crippen LogP contribution in [0.3, 0.4) is 0 Å². The van der Waals surface area contributed by atoms with Crippen LogP contribution in [0, 0.1) is 6.92 Å². The third-order valence-corrected chi connectivity index (χ3v) is 4.31. The number of rotatable bonds is 5. The zero-order chi connectivity index (χ0) is 16.4. The smallest absolute Gasteiger partial charge is 0.277 e. The van der Waals surface area contributed by atoms with Crippen LogP contribution in [-0.2, 0) is 5.75 Å². The van der Waals surface area contributed by atoms with Crippen LogP contribution < -0.4 is 0 Å². The molecule has 0 unspecified atom stereocenters. The van der Waals surface area contributed by atoms with E-state index in [1.165, 1.54) is 11.8 Å². The van der Waals surface area contributed by atoms with E-state index in [4.69, 9.17) is 13.4 Å². The highest BCUT2D eigenvalue weighted by molar-refractivity contribution is 7.98. The maximum absolute atomic E-state index is 5.64. The Kier molecular flexibility index (Phi) is 3.92. The van der Waals surface area contributed by atoms with Gasteiger partial charge in [0, 0.05) is 17.4 Å². The Bertz CT molecular complexity index is 943. The quantitative estimate of drug-likeness (QED) is 0.492. The second-order valence-corrected chi connectivity index (χ2v) is 6.03. The van der Waals surface area contributed by atoms with Crippen molar-refractivity contribution in [3.63, 3.8) is 0 Å². The second kappa shape index (κ2) is 6.37. The molecule has 0 N–H and O–H groups in total. The summed E-state index contributed by atoms with van der Waals surface area (Å²) < 4.78 is 16.3. The number of benzene rings is 1. The van der Waals surface area contributed by atoms with Gasteiger partial charge in [-0.25, -0.2) is 0 Å². The van der Waals surface area contributed by atoms with Gasteiger partial charge in [0.2, 0.25) is 0 Å². The molecule has 0 spiro atoms. The van der Waals surface area contributed by atoms with Gasteiger partial charge in [0.15, 0.2) is 5.76 Å². The fraction of sp³-hybridized carbons (Fsp3) is 0.118. The average molecular weight is 339 g/mol. The van der Waals surface area contributed by atoms with E-state index in [9.17, 15) is 0 Å². The lowest BCUT2D eigenvalue weighted by atomic mass is 10.2. The summed E-state index contributed by atoms with van der Waals surface area (Å²) in [4.78, 5) is 0. The summed E-state index contributed by atoms with van der Waals surface area (Å²) in [5.74, 6) is 2.53. The molecule has 0 aliphatic carbocycles. The number of aryl methyl sites for hydroxylation is 1. The van der Waals surface area contributed by atoms with Gasteiger partial charge >= 0.3 is 0 Å². The first-order chi connectivity index (χ1) is 11.8. The predicted octanol–water partition coefficient (Wildman–Crippen LogP) is 4.59. The van der Waals surface area contributed by atoms with Gasteiger partial charge in [0.25, 0.3) is 11.1 Å². The minimum atomic E-state index is 0.453. The van der Waals surface area contributed by atoms with E-state index < -0.39 is 0 Å². The molecule has 0 aliphatic rings. The number of aromatic nitrogens is 3. The van der Waals surface area contributed by atoms with Gasteiger partial charge < -0.3 is 13.4 Å². The monoisotopic (exact) mass is 339 g/mol. The van der Waals surface area contributed by atoms with E-state index in [-0.39, 0.29) is 0 Å². The zero-order valence-corrected chi connectivity index (χ0v) is 13.6. The fourth-order valence-electron chi connectivity index (χ4n) is 2.24. The van der Waals surface area contributed by atoms with Gasteiger partial charge in [-0.05, 0) is 13.0 Å². The van der Waals surface area contributed by atoms with Gasteiger partial charge in [-0.2, -0.15) is 0 Å². The van der Waals surface area contributed by atoms with Crippen molar-refractivity contribution >= 4 is 11.8 Å². The molecule has 0 fully saturated rings. The maximum atomic E-state index is 5.64. The molecule has 120 valence electrons. The summed E-state index contributed by atoms with van der Waals surface area (Å²) >= 11 is 1.41. The number of thioether (sulfide) groups is 1. The lowest BCUT2D eigenvalue weighted by Gasteiger charge is -1.92. The molecule has 0 aliphatic heterocycles. The molecule has 1 aromatic carbocycles. The highest BCUT2D eigenvalue weighted by Crippen LogP contribution is 2.28. The molecule has 0 bridgehead atoms. The summed E-state index contributed by atoms with van der Waals surface area (Å²) in [6.07, 6.45) is 1.60. The van der Waals surface area contributed by atoms with Crippen LogP contribution in [0.25, 0.3) is 22.8 Å². The number of hydrogen-bond donors (Lipinski definition) is 0. The molecule has 7 heteroatoms. The molecular weight excluding hydrogens is 326 g/mol. The Balaban J connectivity index is 1.44. The topological polar surface area (TPSA) is 78.1 Å². The molecule has 24 heavy (non-hydrogen) atoms. The number of hydrogen-bond acceptors (Lipinski definition) is 7. The van der Waals surface area contributed by atoms with Gasteiger partial charge in [-0.15, -0.1) is 10.2 Å². The van der Waals surface area contributed by atoms with Crippen LogP contribution in [0.15, 0.2) is 67.3 Å². The maximum Gasteiger partial charge on any atom is 0.277 e. The lowest BCUT2D eigenvalue weighted by Crippen LogP contribution is -1.79. The summed E-state index contributed by atoms with van der Waals surface area (Å²) in [5.41, 5.74) is 2.62. The molecule has 0 radical (unpaired) electrons. The van der Waals surface area contributed by atoms with E-state index in [2.05, 4.69) is 15.4 Å². The first kappa shape index (κ1) is 14.8. The van der Waals surface area contributed by atoms with Crippen molar-refractivity contribution in [3.05, 3.63) is 60.2 Å². The van der Waals surface area contributed by atoms with Gasteiger partial charge in [-0.1, -0.05) is 47.3 Å². The summed E-state index contributed by atoms with van der Waals surface area (Å²) in [6, 6.07) is 13.6. The summed E-state index contributed by atoms with van der Waals surface area (Å²) in [6.45, 7) is 1.85. The largest absolute Gasteiger partial charge is 0.469 e. The molecule has 4 aromatic rings. The molecule has 3 heterocycles. The van der Waals surface area contributed by atoms with Crippen molar-refractivity contribution in [3.8, 4) is 22.8 Å². The molecule has 0 saturated heterocycles. The molecule has 0 saturated carbocycles. The SMILES string of the molecule is Cc1occc1-c1nnc(SCc2cc(-c3ccccc3)on2)o1. The van der Waals surface area contributed by atoms with Gasteiger partial charge in [0.1, 0.15) is 5.76 Å². The lowest BCUT2D eigenvalue weighted by molar-refractivity contribution is 0.426.